The number of nitrogens with zero attached hydrogens (tertiary/aromatic N) is 4. The van der Waals surface area contributed by atoms with Crippen LogP contribution in [0.4, 0.5) is 5.82 Å². The lowest BCUT2D eigenvalue weighted by atomic mass is 10.1. The minimum atomic E-state index is -0.0572. The number of benzene rings is 1. The summed E-state index contributed by atoms with van der Waals surface area (Å²) in [6.07, 6.45) is 2.85. The minimum absolute atomic E-state index is 0.0572. The lowest BCUT2D eigenvalue weighted by molar-refractivity contribution is -0.132. The Morgan fingerprint density at radius 1 is 1.10 bits per heavy atom. The van der Waals surface area contributed by atoms with Gasteiger partial charge in [0.15, 0.2) is 5.16 Å². The van der Waals surface area contributed by atoms with Crippen molar-refractivity contribution >= 4 is 41.0 Å². The average molecular weight is 460 g/mol. The van der Waals surface area contributed by atoms with Gasteiger partial charge in [0.1, 0.15) is 11.0 Å². The number of thioether (sulfide) groups is 1. The van der Waals surface area contributed by atoms with E-state index in [1.54, 1.807) is 6.07 Å². The van der Waals surface area contributed by atoms with E-state index in [-0.39, 0.29) is 23.5 Å². The second-order valence-corrected chi connectivity index (χ2v) is 9.12. The van der Waals surface area contributed by atoms with Crippen molar-refractivity contribution in [2.24, 2.45) is 5.92 Å². The Kier molecular flexibility index (Phi) is 7.29. The van der Waals surface area contributed by atoms with E-state index in [4.69, 9.17) is 11.6 Å². The molecule has 0 atom stereocenters. The van der Waals surface area contributed by atoms with Gasteiger partial charge < -0.3 is 15.1 Å². The second-order valence-electron chi connectivity index (χ2n) is 7.79. The molecule has 1 N–H and O–H groups in total. The van der Waals surface area contributed by atoms with Gasteiger partial charge in [-0.25, -0.2) is 9.97 Å². The first-order valence-electron chi connectivity index (χ1n) is 10.6. The Hall–Kier alpha value is -2.32. The van der Waals surface area contributed by atoms with Gasteiger partial charge in [-0.15, -0.1) is 0 Å². The molecule has 4 rings (SSSR count). The van der Waals surface area contributed by atoms with Gasteiger partial charge in [-0.2, -0.15) is 0 Å². The summed E-state index contributed by atoms with van der Waals surface area (Å²) in [4.78, 5) is 37.3. The molecule has 7 nitrogen and oxygen atoms in total. The van der Waals surface area contributed by atoms with Crippen LogP contribution < -0.4 is 10.2 Å². The summed E-state index contributed by atoms with van der Waals surface area (Å²) in [7, 11) is 0. The number of nitrogens with one attached hydrogen (secondary N) is 1. The summed E-state index contributed by atoms with van der Waals surface area (Å²) < 4.78 is 0. The molecule has 0 radical (unpaired) electrons. The second kappa shape index (κ2) is 10.3. The maximum absolute atomic E-state index is 12.2. The summed E-state index contributed by atoms with van der Waals surface area (Å²) in [5, 5.41) is 3.77. The molecule has 1 aromatic carbocycles. The number of halogens is 1. The fourth-order valence-corrected chi connectivity index (χ4v) is 4.44. The highest BCUT2D eigenvalue weighted by Gasteiger charge is 2.34. The van der Waals surface area contributed by atoms with Crippen LogP contribution in [0.1, 0.15) is 18.4 Å². The zero-order chi connectivity index (χ0) is 21.6. The highest BCUT2D eigenvalue weighted by Crippen LogP contribution is 2.31. The molecule has 2 aliphatic rings. The van der Waals surface area contributed by atoms with E-state index in [0.29, 0.717) is 29.9 Å². The van der Waals surface area contributed by atoms with Gasteiger partial charge in [0.2, 0.25) is 11.8 Å². The van der Waals surface area contributed by atoms with Crippen molar-refractivity contribution in [2.45, 2.75) is 24.4 Å². The van der Waals surface area contributed by atoms with E-state index in [1.807, 2.05) is 35.2 Å². The van der Waals surface area contributed by atoms with Crippen LogP contribution >= 0.6 is 23.4 Å². The topological polar surface area (TPSA) is 78.4 Å². The van der Waals surface area contributed by atoms with Crippen LogP contribution in [0.25, 0.3) is 0 Å². The number of aromatic nitrogens is 2. The Bertz CT molecular complexity index is 917. The molecule has 1 saturated carbocycles. The SMILES string of the molecule is O=C(CSc1nc(Cl)cc(N2CCN(C(=O)C3CC3)CC2)n1)NCCc1ccccc1. The van der Waals surface area contributed by atoms with Crippen molar-refractivity contribution in [3.8, 4) is 0 Å². The third-order valence-corrected chi connectivity index (χ3v) is 6.45. The first kappa shape index (κ1) is 21.9. The van der Waals surface area contributed by atoms with Crippen molar-refractivity contribution in [1.29, 1.82) is 0 Å². The average Bonchev–Trinajstić information content (AvgIpc) is 3.63. The highest BCUT2D eigenvalue weighted by atomic mass is 35.5. The molecule has 164 valence electrons. The summed E-state index contributed by atoms with van der Waals surface area (Å²) >= 11 is 7.48. The zero-order valence-corrected chi connectivity index (χ0v) is 18.9. The summed E-state index contributed by atoms with van der Waals surface area (Å²) in [6.45, 7) is 3.42. The lowest BCUT2D eigenvalue weighted by Gasteiger charge is -2.35. The molecular formula is C22H26ClN5O2S. The molecule has 9 heteroatoms. The van der Waals surface area contributed by atoms with Gasteiger partial charge in [0, 0.05) is 44.7 Å². The van der Waals surface area contributed by atoms with E-state index >= 15 is 0 Å². The molecule has 1 aromatic heterocycles. The number of rotatable bonds is 8. The van der Waals surface area contributed by atoms with Gasteiger partial charge in [0.05, 0.1) is 5.75 Å². The first-order valence-corrected chi connectivity index (χ1v) is 12.0. The maximum Gasteiger partial charge on any atom is 0.230 e. The number of carbonyl (C=O) groups is 2. The van der Waals surface area contributed by atoms with E-state index < -0.39 is 0 Å². The van der Waals surface area contributed by atoms with Crippen LogP contribution in [0.2, 0.25) is 5.15 Å². The van der Waals surface area contributed by atoms with Crippen LogP contribution in [-0.2, 0) is 16.0 Å². The molecule has 1 aliphatic carbocycles. The predicted octanol–water partition coefficient (Wildman–Crippen LogP) is 2.64. The molecule has 31 heavy (non-hydrogen) atoms. The van der Waals surface area contributed by atoms with Crippen molar-refractivity contribution < 1.29 is 9.59 Å². The largest absolute Gasteiger partial charge is 0.355 e. The Balaban J connectivity index is 1.25. The van der Waals surface area contributed by atoms with E-state index in [0.717, 1.165) is 38.2 Å². The van der Waals surface area contributed by atoms with E-state index in [9.17, 15) is 9.59 Å². The van der Waals surface area contributed by atoms with Crippen molar-refractivity contribution in [1.82, 2.24) is 20.2 Å². The summed E-state index contributed by atoms with van der Waals surface area (Å²) in [5.74, 6) is 1.46. The van der Waals surface area contributed by atoms with Crippen LogP contribution in [0, 0.1) is 5.92 Å². The van der Waals surface area contributed by atoms with Crippen molar-refractivity contribution in [3.63, 3.8) is 0 Å². The fourth-order valence-electron chi connectivity index (χ4n) is 3.53. The van der Waals surface area contributed by atoms with Crippen LogP contribution in [0.3, 0.4) is 0 Å². The number of hydrogen-bond acceptors (Lipinski definition) is 6. The Morgan fingerprint density at radius 3 is 2.55 bits per heavy atom. The predicted molar refractivity (Wildman–Crippen MR) is 122 cm³/mol. The number of anilines is 1. The molecule has 2 heterocycles. The van der Waals surface area contributed by atoms with Crippen LogP contribution in [0.5, 0.6) is 0 Å². The van der Waals surface area contributed by atoms with Gasteiger partial charge in [-0.1, -0.05) is 53.7 Å². The molecule has 0 bridgehead atoms. The fraction of sp³-hybridized carbons (Fsp3) is 0.455. The summed E-state index contributed by atoms with van der Waals surface area (Å²) in [5.41, 5.74) is 1.19. The maximum atomic E-state index is 12.2. The van der Waals surface area contributed by atoms with Crippen LogP contribution in [-0.4, -0.2) is 65.2 Å². The molecular weight excluding hydrogens is 434 g/mol. The molecule has 0 unspecified atom stereocenters. The molecule has 2 aromatic rings. The van der Waals surface area contributed by atoms with Crippen molar-refractivity contribution in [3.05, 3.63) is 47.1 Å². The monoisotopic (exact) mass is 459 g/mol. The number of amides is 2. The van der Waals surface area contributed by atoms with E-state index in [2.05, 4.69) is 20.2 Å². The standard InChI is InChI=1S/C22H26ClN5O2S/c23-18-14-19(27-10-12-28(13-11-27)21(30)17-6-7-17)26-22(25-18)31-15-20(29)24-9-8-16-4-2-1-3-5-16/h1-5,14,17H,6-13,15H2,(H,24,29). The van der Waals surface area contributed by atoms with Gasteiger partial charge in [0.25, 0.3) is 0 Å². The first-order chi connectivity index (χ1) is 15.1. The van der Waals surface area contributed by atoms with Gasteiger partial charge in [-0.05, 0) is 24.8 Å². The summed E-state index contributed by atoms with van der Waals surface area (Å²) in [6, 6.07) is 11.8. The smallest absolute Gasteiger partial charge is 0.230 e. The number of hydrogen-bond donors (Lipinski definition) is 1. The quantitative estimate of drug-likeness (QED) is 0.371. The molecule has 0 spiro atoms. The number of carbonyl (C=O) groups excluding carboxylic acids is 2. The van der Waals surface area contributed by atoms with Gasteiger partial charge >= 0.3 is 0 Å². The molecule has 1 saturated heterocycles. The van der Waals surface area contributed by atoms with Gasteiger partial charge in [-0.3, -0.25) is 9.59 Å². The number of piperazine rings is 1. The molecule has 1 aliphatic heterocycles. The third kappa shape index (κ3) is 6.33. The minimum Gasteiger partial charge on any atom is -0.355 e. The zero-order valence-electron chi connectivity index (χ0n) is 17.3. The lowest BCUT2D eigenvalue weighted by Crippen LogP contribution is -2.49. The van der Waals surface area contributed by atoms with Crippen molar-refractivity contribution in [2.75, 3.05) is 43.4 Å². The highest BCUT2D eigenvalue weighted by molar-refractivity contribution is 7.99. The Morgan fingerprint density at radius 2 is 1.84 bits per heavy atom. The molecule has 2 amide bonds. The molecule has 2 fully saturated rings. The normalized spacial score (nSPS) is 16.3. The Labute approximate surface area is 191 Å². The third-order valence-electron chi connectivity index (χ3n) is 5.41. The van der Waals surface area contributed by atoms with Crippen LogP contribution in [0.15, 0.2) is 41.6 Å². The van der Waals surface area contributed by atoms with E-state index in [1.165, 1.54) is 17.3 Å².